The molecule has 0 fully saturated rings. The van der Waals surface area contributed by atoms with Crippen molar-refractivity contribution in [3.8, 4) is 5.75 Å². The fourth-order valence-corrected chi connectivity index (χ4v) is 4.86. The molecule has 20 heavy (non-hydrogen) atoms. The second kappa shape index (κ2) is 7.67. The van der Waals surface area contributed by atoms with Crippen LogP contribution in [0.1, 0.15) is 52.0 Å². The second-order valence-electron chi connectivity index (χ2n) is 5.61. The predicted octanol–water partition coefficient (Wildman–Crippen LogP) is 5.17. The highest BCUT2D eigenvalue weighted by molar-refractivity contribution is 14.1. The molecule has 0 aromatic carbocycles. The van der Waals surface area contributed by atoms with Crippen molar-refractivity contribution in [2.45, 2.75) is 65.5 Å². The molecule has 0 N–H and O–H groups in total. The van der Waals surface area contributed by atoms with E-state index in [0.717, 1.165) is 24.6 Å². The van der Waals surface area contributed by atoms with Crippen molar-refractivity contribution in [1.82, 2.24) is 4.57 Å². The molecule has 3 nitrogen and oxygen atoms in total. The Morgan fingerprint density at radius 2 is 2.05 bits per heavy atom. The monoisotopic (exact) mass is 503 g/mol. The van der Waals surface area contributed by atoms with Crippen LogP contribution < -0.4 is 4.89 Å². The van der Waals surface area contributed by atoms with Gasteiger partial charge in [0, 0.05) is 18.5 Å². The summed E-state index contributed by atoms with van der Waals surface area (Å²) in [5, 5.41) is 0. The molecule has 0 saturated carbocycles. The Labute approximate surface area is 149 Å². The van der Waals surface area contributed by atoms with E-state index in [0.29, 0.717) is 0 Å². The third-order valence-corrected chi connectivity index (χ3v) is 6.26. The average Bonchev–Trinajstić information content (AvgIpc) is 2.67. The molecule has 2 heterocycles. The van der Waals surface area contributed by atoms with Gasteiger partial charge in [0.2, 0.25) is 5.75 Å². The van der Waals surface area contributed by atoms with Gasteiger partial charge in [-0.3, -0.25) is 0 Å². The normalized spacial score (nSPS) is 19.6. The molecule has 0 spiro atoms. The fourth-order valence-electron chi connectivity index (χ4n) is 2.64. The summed E-state index contributed by atoms with van der Waals surface area (Å²) in [6.07, 6.45) is 6.25. The first-order valence-electron chi connectivity index (χ1n) is 7.48. The van der Waals surface area contributed by atoms with E-state index >= 15 is 0 Å². The minimum atomic E-state index is 0.143. The smallest absolute Gasteiger partial charge is 0.201 e. The van der Waals surface area contributed by atoms with Gasteiger partial charge in [-0.15, -0.1) is 0 Å². The Morgan fingerprint density at radius 3 is 2.70 bits per heavy atom. The third-order valence-electron chi connectivity index (χ3n) is 3.96. The van der Waals surface area contributed by atoms with Crippen LogP contribution in [0.4, 0.5) is 0 Å². The van der Waals surface area contributed by atoms with E-state index in [1.165, 1.54) is 38.6 Å². The van der Waals surface area contributed by atoms with Crippen LogP contribution in [-0.4, -0.2) is 10.7 Å². The van der Waals surface area contributed by atoms with Crippen LogP contribution in [-0.2, 0) is 17.9 Å². The maximum atomic E-state index is 5.49. The van der Waals surface area contributed by atoms with Gasteiger partial charge >= 0.3 is 0 Å². The number of fused-ring (bicyclic) bond motifs is 1. The first-order valence-corrected chi connectivity index (χ1v) is 9.63. The number of hydrogen-bond acceptors (Lipinski definition) is 2. The van der Waals surface area contributed by atoms with Crippen LogP contribution in [0.25, 0.3) is 0 Å². The van der Waals surface area contributed by atoms with Crippen LogP contribution in [0.2, 0.25) is 0 Å². The van der Waals surface area contributed by atoms with Crippen LogP contribution in [0, 0.1) is 13.3 Å². The van der Waals surface area contributed by atoms with E-state index < -0.39 is 0 Å². The molecule has 2 unspecified atom stereocenters. The summed E-state index contributed by atoms with van der Waals surface area (Å²) in [4.78, 5) is 10.8. The summed E-state index contributed by atoms with van der Waals surface area (Å²) in [6, 6.07) is 0. The van der Waals surface area contributed by atoms with E-state index in [2.05, 4.69) is 70.5 Å². The number of aromatic nitrogens is 1. The SMILES string of the molecule is CCCCC(CC)Cn1c(I)c2c(c1I)OOC(C)C2. The van der Waals surface area contributed by atoms with Gasteiger partial charge < -0.3 is 9.45 Å². The zero-order chi connectivity index (χ0) is 14.7. The zero-order valence-corrected chi connectivity index (χ0v) is 16.7. The summed E-state index contributed by atoms with van der Waals surface area (Å²) >= 11 is 4.86. The Hall–Kier alpha value is 0.500. The van der Waals surface area contributed by atoms with Crippen molar-refractivity contribution in [2.24, 2.45) is 5.92 Å². The second-order valence-corrected chi connectivity index (χ2v) is 7.65. The van der Waals surface area contributed by atoms with Crippen LogP contribution >= 0.6 is 45.2 Å². The molecular weight excluding hydrogens is 480 g/mol. The molecule has 1 aromatic rings. The third kappa shape index (κ3) is 3.63. The highest BCUT2D eigenvalue weighted by atomic mass is 127. The Bertz CT molecular complexity index is 459. The molecule has 1 aliphatic heterocycles. The average molecular weight is 503 g/mol. The molecule has 5 heteroatoms. The minimum Gasteiger partial charge on any atom is -0.334 e. The highest BCUT2D eigenvalue weighted by Gasteiger charge is 2.28. The van der Waals surface area contributed by atoms with E-state index in [-0.39, 0.29) is 6.10 Å². The maximum absolute atomic E-state index is 5.49. The van der Waals surface area contributed by atoms with Crippen LogP contribution in [0.15, 0.2) is 0 Å². The van der Waals surface area contributed by atoms with Crippen molar-refractivity contribution in [3.05, 3.63) is 13.0 Å². The summed E-state index contributed by atoms with van der Waals surface area (Å²) in [7, 11) is 0. The summed E-state index contributed by atoms with van der Waals surface area (Å²) in [5.74, 6) is 1.70. The number of rotatable bonds is 6. The lowest BCUT2D eigenvalue weighted by Crippen LogP contribution is -2.20. The number of hydrogen-bond donors (Lipinski definition) is 0. The number of unbranched alkanes of at least 4 members (excludes halogenated alkanes) is 1. The van der Waals surface area contributed by atoms with Crippen LogP contribution in [0.5, 0.6) is 5.75 Å². The van der Waals surface area contributed by atoms with Crippen molar-refractivity contribution in [1.29, 1.82) is 0 Å². The molecule has 2 rings (SSSR count). The van der Waals surface area contributed by atoms with Crippen LogP contribution in [0.3, 0.4) is 0 Å². The molecule has 0 aliphatic carbocycles. The zero-order valence-electron chi connectivity index (χ0n) is 12.4. The minimum absolute atomic E-state index is 0.143. The summed E-state index contributed by atoms with van der Waals surface area (Å²) in [5.41, 5.74) is 1.32. The van der Waals surface area contributed by atoms with Crippen molar-refractivity contribution >= 4 is 45.2 Å². The largest absolute Gasteiger partial charge is 0.334 e. The first kappa shape index (κ1) is 16.9. The van der Waals surface area contributed by atoms with E-state index in [4.69, 9.17) is 9.78 Å². The quantitative estimate of drug-likeness (QED) is 0.396. The Kier molecular flexibility index (Phi) is 6.47. The Balaban J connectivity index is 2.19. The van der Waals surface area contributed by atoms with Gasteiger partial charge in [-0.1, -0.05) is 33.1 Å². The van der Waals surface area contributed by atoms with Crippen molar-refractivity contribution < 1.29 is 9.78 Å². The molecule has 0 radical (unpaired) electrons. The van der Waals surface area contributed by atoms with Gasteiger partial charge in [-0.2, -0.15) is 4.89 Å². The topological polar surface area (TPSA) is 23.4 Å². The van der Waals surface area contributed by atoms with Gasteiger partial charge in [0.05, 0.1) is 3.70 Å². The molecule has 0 bridgehead atoms. The van der Waals surface area contributed by atoms with Crippen molar-refractivity contribution in [2.75, 3.05) is 0 Å². The number of halogens is 2. The lowest BCUT2D eigenvalue weighted by Gasteiger charge is -2.18. The lowest BCUT2D eigenvalue weighted by atomic mass is 9.99. The predicted molar refractivity (Wildman–Crippen MR) is 98.1 cm³/mol. The standard InChI is InChI=1S/C15H23I2NO2/c1-4-6-7-11(5-2)9-18-14(16)12-8-10(3)19-20-13(12)15(18)17/h10-11H,4-9H2,1-3H3. The molecule has 2 atom stereocenters. The van der Waals surface area contributed by atoms with E-state index in [1.54, 1.807) is 0 Å². The van der Waals surface area contributed by atoms with Gasteiger partial charge in [-0.25, -0.2) is 0 Å². The molecule has 114 valence electrons. The summed E-state index contributed by atoms with van der Waals surface area (Å²) < 4.78 is 4.92. The van der Waals surface area contributed by atoms with Crippen molar-refractivity contribution in [3.63, 3.8) is 0 Å². The van der Waals surface area contributed by atoms with Gasteiger partial charge in [0.25, 0.3) is 0 Å². The van der Waals surface area contributed by atoms with E-state index in [1.807, 2.05) is 0 Å². The summed E-state index contributed by atoms with van der Waals surface area (Å²) in [6.45, 7) is 7.71. The van der Waals surface area contributed by atoms with Gasteiger partial charge in [0.15, 0.2) is 0 Å². The molecular formula is C15H23I2NO2. The molecule has 0 saturated heterocycles. The Morgan fingerprint density at radius 1 is 1.30 bits per heavy atom. The van der Waals surface area contributed by atoms with Gasteiger partial charge in [-0.05, 0) is 64.4 Å². The molecule has 1 aromatic heterocycles. The lowest BCUT2D eigenvalue weighted by molar-refractivity contribution is -0.249. The molecule has 0 amide bonds. The number of nitrogens with zero attached hydrogens (tertiary/aromatic N) is 1. The fraction of sp³-hybridized carbons (Fsp3) is 0.733. The molecule has 1 aliphatic rings. The van der Waals surface area contributed by atoms with E-state index in [9.17, 15) is 0 Å². The first-order chi connectivity index (χ1) is 9.58. The van der Waals surface area contributed by atoms with Gasteiger partial charge in [0.1, 0.15) is 9.80 Å². The maximum Gasteiger partial charge on any atom is 0.201 e. The highest BCUT2D eigenvalue weighted by Crippen LogP contribution is 2.38.